The highest BCUT2D eigenvalue weighted by atomic mass is 16.2. The van der Waals surface area contributed by atoms with E-state index in [4.69, 9.17) is 0 Å². The van der Waals surface area contributed by atoms with Gasteiger partial charge in [-0.25, -0.2) is 4.52 Å². The van der Waals surface area contributed by atoms with Gasteiger partial charge < -0.3 is 5.32 Å². The van der Waals surface area contributed by atoms with E-state index in [1.165, 1.54) is 6.20 Å². The number of ketones is 1. The number of fused-ring (bicyclic) bond motifs is 1. The lowest BCUT2D eigenvalue weighted by Gasteiger charge is -2.16. The van der Waals surface area contributed by atoms with Crippen molar-refractivity contribution in [1.29, 1.82) is 0 Å². The first-order valence-electron chi connectivity index (χ1n) is 5.98. The zero-order valence-electron chi connectivity index (χ0n) is 11.2. The van der Waals surface area contributed by atoms with E-state index in [2.05, 4.69) is 15.4 Å². The molecule has 2 aromatic heterocycles. The Morgan fingerprint density at radius 1 is 1.32 bits per heavy atom. The summed E-state index contributed by atoms with van der Waals surface area (Å²) in [5.74, 6) is -0.337. The highest BCUT2D eigenvalue weighted by Gasteiger charge is 2.22. The smallest absolute Gasteiger partial charge is 0.255 e. The molecule has 2 aromatic rings. The molecule has 6 nitrogen and oxygen atoms in total. The molecule has 1 N–H and O–H groups in total. The molecule has 100 valence electrons. The number of amides is 1. The summed E-state index contributed by atoms with van der Waals surface area (Å²) in [5, 5.41) is 6.66. The molecule has 0 aliphatic heterocycles. The molecule has 0 aliphatic carbocycles. The van der Waals surface area contributed by atoms with E-state index in [1.54, 1.807) is 23.1 Å². The van der Waals surface area contributed by atoms with Crippen molar-refractivity contribution in [2.45, 2.75) is 20.8 Å². The van der Waals surface area contributed by atoms with E-state index >= 15 is 0 Å². The van der Waals surface area contributed by atoms with Crippen LogP contribution >= 0.6 is 0 Å². The van der Waals surface area contributed by atoms with Gasteiger partial charge in [-0.3, -0.25) is 14.6 Å². The molecule has 1 amide bonds. The molecule has 0 saturated carbocycles. The summed E-state index contributed by atoms with van der Waals surface area (Å²) in [7, 11) is 0. The van der Waals surface area contributed by atoms with E-state index in [0.717, 1.165) is 0 Å². The van der Waals surface area contributed by atoms with Crippen molar-refractivity contribution < 1.29 is 9.59 Å². The Morgan fingerprint density at radius 3 is 2.74 bits per heavy atom. The number of rotatable bonds is 3. The molecule has 19 heavy (non-hydrogen) atoms. The normalized spacial score (nSPS) is 11.5. The zero-order chi connectivity index (χ0) is 14.0. The van der Waals surface area contributed by atoms with Crippen molar-refractivity contribution in [2.75, 3.05) is 6.54 Å². The number of nitrogens with zero attached hydrogens (tertiary/aromatic N) is 3. The fraction of sp³-hybridized carbons (Fsp3) is 0.385. The molecule has 6 heteroatoms. The lowest BCUT2D eigenvalue weighted by atomic mass is 9.91. The van der Waals surface area contributed by atoms with Crippen molar-refractivity contribution >= 4 is 17.2 Å². The van der Waals surface area contributed by atoms with Gasteiger partial charge >= 0.3 is 0 Å². The molecular weight excluding hydrogens is 244 g/mol. The molecule has 0 unspecified atom stereocenters. The van der Waals surface area contributed by atoms with Crippen LogP contribution in [0.5, 0.6) is 0 Å². The van der Waals surface area contributed by atoms with Crippen LogP contribution in [0.2, 0.25) is 0 Å². The maximum atomic E-state index is 12.0. The molecule has 2 heterocycles. The van der Waals surface area contributed by atoms with Gasteiger partial charge in [0, 0.05) is 17.8 Å². The van der Waals surface area contributed by atoms with Crippen LogP contribution in [0.4, 0.5) is 0 Å². The van der Waals surface area contributed by atoms with Crippen LogP contribution in [0, 0.1) is 5.41 Å². The van der Waals surface area contributed by atoms with Crippen LogP contribution in [0.15, 0.2) is 24.8 Å². The third-order valence-electron chi connectivity index (χ3n) is 2.82. The van der Waals surface area contributed by atoms with Crippen LogP contribution in [-0.4, -0.2) is 32.8 Å². The third-order valence-corrected chi connectivity index (χ3v) is 2.82. The van der Waals surface area contributed by atoms with Crippen LogP contribution in [0.3, 0.4) is 0 Å². The van der Waals surface area contributed by atoms with Crippen LogP contribution in [0.25, 0.3) is 5.52 Å². The topological polar surface area (TPSA) is 76.4 Å². The Bertz CT molecular complexity index is 625. The average Bonchev–Trinajstić information content (AvgIpc) is 2.78. The van der Waals surface area contributed by atoms with Gasteiger partial charge in [0.25, 0.3) is 5.91 Å². The summed E-state index contributed by atoms with van der Waals surface area (Å²) in [6, 6.07) is 0. The number of aromatic nitrogens is 3. The van der Waals surface area contributed by atoms with Crippen molar-refractivity contribution in [3.8, 4) is 0 Å². The second kappa shape index (κ2) is 4.79. The number of carbonyl (C=O) groups excluding carboxylic acids is 2. The molecule has 2 rings (SSSR count). The Labute approximate surface area is 110 Å². The Hall–Kier alpha value is -2.24. The highest BCUT2D eigenvalue weighted by Crippen LogP contribution is 2.14. The summed E-state index contributed by atoms with van der Waals surface area (Å²) < 4.78 is 1.56. The summed E-state index contributed by atoms with van der Waals surface area (Å²) in [4.78, 5) is 27.7. The predicted octanol–water partition coefficient (Wildman–Crippen LogP) is 1.07. The van der Waals surface area contributed by atoms with Gasteiger partial charge in [-0.1, -0.05) is 20.8 Å². The standard InChI is InChI=1S/C13H16N4O2/c1-13(2,3)11(18)8-15-12(19)9-6-16-17-5-4-14-7-10(9)17/h4-7H,8H2,1-3H3,(H,15,19). The minimum Gasteiger partial charge on any atom is -0.345 e. The fourth-order valence-corrected chi connectivity index (χ4v) is 1.53. The molecule has 0 atom stereocenters. The number of hydrogen-bond acceptors (Lipinski definition) is 4. The van der Waals surface area contributed by atoms with E-state index in [0.29, 0.717) is 11.1 Å². The Kier molecular flexibility index (Phi) is 3.33. The van der Waals surface area contributed by atoms with Gasteiger partial charge in [-0.2, -0.15) is 5.10 Å². The van der Waals surface area contributed by atoms with Gasteiger partial charge in [0.15, 0.2) is 5.78 Å². The summed E-state index contributed by atoms with van der Waals surface area (Å²) >= 11 is 0. The third kappa shape index (κ3) is 2.78. The fourth-order valence-electron chi connectivity index (χ4n) is 1.53. The van der Waals surface area contributed by atoms with E-state index in [1.807, 2.05) is 20.8 Å². The van der Waals surface area contributed by atoms with Crippen molar-refractivity contribution in [1.82, 2.24) is 19.9 Å². The summed E-state index contributed by atoms with van der Waals surface area (Å²) in [6.07, 6.45) is 6.28. The molecule has 0 saturated heterocycles. The lowest BCUT2D eigenvalue weighted by Crippen LogP contribution is -2.35. The average molecular weight is 260 g/mol. The lowest BCUT2D eigenvalue weighted by molar-refractivity contribution is -0.125. The monoisotopic (exact) mass is 260 g/mol. The maximum Gasteiger partial charge on any atom is 0.255 e. The number of Topliss-reactive ketones (excluding diaryl/α,β-unsaturated/α-hetero) is 1. The first-order chi connectivity index (χ1) is 8.89. The quantitative estimate of drug-likeness (QED) is 0.895. The van der Waals surface area contributed by atoms with Gasteiger partial charge in [-0.15, -0.1) is 0 Å². The van der Waals surface area contributed by atoms with E-state index in [9.17, 15) is 9.59 Å². The second-order valence-electron chi connectivity index (χ2n) is 5.32. The molecule has 0 bridgehead atoms. The second-order valence-corrected chi connectivity index (χ2v) is 5.32. The first-order valence-corrected chi connectivity index (χ1v) is 5.98. The Balaban J connectivity index is 2.11. The SMILES string of the molecule is CC(C)(C)C(=O)CNC(=O)c1cnn2ccncc12. The van der Waals surface area contributed by atoms with Crippen molar-refractivity contribution in [3.63, 3.8) is 0 Å². The minimum atomic E-state index is -0.462. The first kappa shape index (κ1) is 13.2. The molecular formula is C13H16N4O2. The van der Waals surface area contributed by atoms with Crippen molar-refractivity contribution in [3.05, 3.63) is 30.4 Å². The Morgan fingerprint density at radius 2 is 2.05 bits per heavy atom. The summed E-state index contributed by atoms with van der Waals surface area (Å²) in [5.41, 5.74) is 0.564. The predicted molar refractivity (Wildman–Crippen MR) is 69.8 cm³/mol. The number of hydrogen-bond donors (Lipinski definition) is 1. The van der Waals surface area contributed by atoms with E-state index in [-0.39, 0.29) is 18.2 Å². The minimum absolute atomic E-state index is 0.0138. The van der Waals surface area contributed by atoms with Crippen LogP contribution in [-0.2, 0) is 4.79 Å². The van der Waals surface area contributed by atoms with Crippen LogP contribution < -0.4 is 5.32 Å². The number of carbonyl (C=O) groups is 2. The van der Waals surface area contributed by atoms with Gasteiger partial charge in [0.1, 0.15) is 0 Å². The van der Waals surface area contributed by atoms with Gasteiger partial charge in [0.05, 0.1) is 30.0 Å². The molecule has 0 fully saturated rings. The van der Waals surface area contributed by atoms with Gasteiger partial charge in [-0.05, 0) is 0 Å². The highest BCUT2D eigenvalue weighted by molar-refractivity contribution is 6.02. The molecule has 0 radical (unpaired) electrons. The van der Waals surface area contributed by atoms with Gasteiger partial charge in [0.2, 0.25) is 0 Å². The molecule has 0 aliphatic rings. The molecule has 0 aromatic carbocycles. The molecule has 0 spiro atoms. The van der Waals surface area contributed by atoms with Crippen LogP contribution in [0.1, 0.15) is 31.1 Å². The maximum absolute atomic E-state index is 12.0. The van der Waals surface area contributed by atoms with Crippen molar-refractivity contribution in [2.24, 2.45) is 5.41 Å². The number of nitrogens with one attached hydrogen (secondary N) is 1. The van der Waals surface area contributed by atoms with E-state index < -0.39 is 5.41 Å². The zero-order valence-corrected chi connectivity index (χ0v) is 11.2. The summed E-state index contributed by atoms with van der Waals surface area (Å²) in [6.45, 7) is 5.47. The largest absolute Gasteiger partial charge is 0.345 e.